The quantitative estimate of drug-likeness (QED) is 0.513. The van der Waals surface area contributed by atoms with Crippen LogP contribution in [0, 0.1) is 12.0 Å². The van der Waals surface area contributed by atoms with E-state index in [2.05, 4.69) is 32.1 Å². The molecular formula is C9H15Cl2Ti-. The Morgan fingerprint density at radius 1 is 1.42 bits per heavy atom. The summed E-state index contributed by atoms with van der Waals surface area (Å²) in [4.78, 5) is 0. The van der Waals surface area contributed by atoms with Crippen LogP contribution in [0.15, 0.2) is 17.7 Å². The van der Waals surface area contributed by atoms with Crippen molar-refractivity contribution in [1.29, 1.82) is 0 Å². The molecule has 0 aromatic carbocycles. The van der Waals surface area contributed by atoms with Crippen molar-refractivity contribution in [2.75, 3.05) is 0 Å². The predicted molar refractivity (Wildman–Crippen MR) is 54.5 cm³/mol. The summed E-state index contributed by atoms with van der Waals surface area (Å²) < 4.78 is 0. The van der Waals surface area contributed by atoms with Crippen molar-refractivity contribution in [3.05, 3.63) is 23.8 Å². The van der Waals surface area contributed by atoms with Crippen LogP contribution in [0.1, 0.15) is 26.7 Å². The molecule has 0 unspecified atom stereocenters. The molecule has 0 spiro atoms. The third-order valence-corrected chi connectivity index (χ3v) is 1.39. The molecule has 70 valence electrons. The first kappa shape index (κ1) is 18.5. The molecule has 0 saturated heterocycles. The molecule has 0 aromatic rings. The zero-order valence-electron chi connectivity index (χ0n) is 7.46. The summed E-state index contributed by atoms with van der Waals surface area (Å²) in [6, 6.07) is 0. The second-order valence-corrected chi connectivity index (χ2v) is 2.91. The van der Waals surface area contributed by atoms with Gasteiger partial charge in [-0.15, -0.1) is 31.2 Å². The van der Waals surface area contributed by atoms with Crippen molar-refractivity contribution >= 4 is 24.8 Å². The summed E-state index contributed by atoms with van der Waals surface area (Å²) in [6.45, 7) is 4.47. The Balaban J connectivity index is -0.000000270. The Hall–Kier alpha value is 0.774. The Morgan fingerprint density at radius 3 is 2.33 bits per heavy atom. The van der Waals surface area contributed by atoms with Crippen LogP contribution in [-0.2, 0) is 21.7 Å². The van der Waals surface area contributed by atoms with Crippen LogP contribution in [0.4, 0.5) is 0 Å². The summed E-state index contributed by atoms with van der Waals surface area (Å²) >= 11 is 0. The fourth-order valence-electron chi connectivity index (χ4n) is 1.03. The fraction of sp³-hybridized carbons (Fsp3) is 0.556. The summed E-state index contributed by atoms with van der Waals surface area (Å²) in [6.07, 6.45) is 9.86. The van der Waals surface area contributed by atoms with E-state index >= 15 is 0 Å². The van der Waals surface area contributed by atoms with Gasteiger partial charge in [0.1, 0.15) is 0 Å². The molecule has 12 heavy (non-hydrogen) atoms. The number of hydrogen-bond acceptors (Lipinski definition) is 0. The van der Waals surface area contributed by atoms with E-state index in [-0.39, 0.29) is 46.5 Å². The van der Waals surface area contributed by atoms with E-state index in [9.17, 15) is 0 Å². The molecule has 0 aliphatic heterocycles. The van der Waals surface area contributed by atoms with Gasteiger partial charge in [0, 0.05) is 21.7 Å². The van der Waals surface area contributed by atoms with Gasteiger partial charge in [-0.2, -0.15) is 6.08 Å². The molecule has 1 aliphatic rings. The maximum absolute atomic E-state index is 3.29. The van der Waals surface area contributed by atoms with Crippen molar-refractivity contribution in [3.63, 3.8) is 0 Å². The van der Waals surface area contributed by atoms with Gasteiger partial charge in [-0.05, 0) is 5.92 Å². The molecule has 0 heterocycles. The van der Waals surface area contributed by atoms with E-state index in [1.165, 1.54) is 12.0 Å². The summed E-state index contributed by atoms with van der Waals surface area (Å²) in [5.74, 6) is 0.773. The average molecular weight is 242 g/mol. The van der Waals surface area contributed by atoms with E-state index in [1.807, 2.05) is 0 Å². The molecular weight excluding hydrogens is 227 g/mol. The molecule has 0 fully saturated rings. The van der Waals surface area contributed by atoms with Gasteiger partial charge in [0.05, 0.1) is 0 Å². The van der Waals surface area contributed by atoms with Crippen LogP contribution in [0.5, 0.6) is 0 Å². The Labute approximate surface area is 103 Å². The summed E-state index contributed by atoms with van der Waals surface area (Å²) in [5, 5.41) is 0. The van der Waals surface area contributed by atoms with E-state index in [0.29, 0.717) is 0 Å². The smallest absolute Gasteiger partial charge is 0 e. The van der Waals surface area contributed by atoms with Crippen LogP contribution < -0.4 is 0 Å². The molecule has 0 amide bonds. The molecule has 0 aromatic heterocycles. The summed E-state index contributed by atoms with van der Waals surface area (Å²) in [7, 11) is 0. The Morgan fingerprint density at radius 2 is 2.00 bits per heavy atom. The summed E-state index contributed by atoms with van der Waals surface area (Å²) in [5.41, 5.74) is 1.39. The van der Waals surface area contributed by atoms with Gasteiger partial charge >= 0.3 is 0 Å². The van der Waals surface area contributed by atoms with Crippen molar-refractivity contribution < 1.29 is 21.7 Å². The number of halogens is 2. The van der Waals surface area contributed by atoms with Gasteiger partial charge in [-0.1, -0.05) is 20.3 Å². The van der Waals surface area contributed by atoms with Gasteiger partial charge in [0.2, 0.25) is 0 Å². The van der Waals surface area contributed by atoms with Crippen molar-refractivity contribution in [3.8, 4) is 0 Å². The topological polar surface area (TPSA) is 0 Å². The minimum absolute atomic E-state index is 0. The number of allylic oxidation sites excluding steroid dienone is 4. The maximum Gasteiger partial charge on any atom is 0 e. The van der Waals surface area contributed by atoms with Crippen molar-refractivity contribution in [2.24, 2.45) is 5.92 Å². The third kappa shape index (κ3) is 7.42. The van der Waals surface area contributed by atoms with Crippen LogP contribution >= 0.6 is 24.8 Å². The first-order valence-corrected chi connectivity index (χ1v) is 3.55. The zero-order chi connectivity index (χ0) is 6.69. The number of hydrogen-bond donors (Lipinski definition) is 0. The van der Waals surface area contributed by atoms with E-state index in [0.717, 1.165) is 12.3 Å². The van der Waals surface area contributed by atoms with E-state index in [1.54, 1.807) is 0 Å². The fourth-order valence-corrected chi connectivity index (χ4v) is 1.03. The monoisotopic (exact) mass is 241 g/mol. The first-order chi connectivity index (χ1) is 4.29. The SMILES string of the molecule is CC(C)CC1=[C-]CC=C1.Cl.Cl.[Ti]. The maximum atomic E-state index is 3.29. The van der Waals surface area contributed by atoms with Gasteiger partial charge < -0.3 is 0 Å². The predicted octanol–water partition coefficient (Wildman–Crippen LogP) is 3.56. The van der Waals surface area contributed by atoms with Crippen LogP contribution in [0.3, 0.4) is 0 Å². The minimum atomic E-state index is 0. The molecule has 0 N–H and O–H groups in total. The third-order valence-electron chi connectivity index (χ3n) is 1.39. The Kier molecular flexibility index (Phi) is 15.2. The number of rotatable bonds is 2. The average Bonchev–Trinajstić information content (AvgIpc) is 2.15. The van der Waals surface area contributed by atoms with E-state index < -0.39 is 0 Å². The zero-order valence-corrected chi connectivity index (χ0v) is 10.7. The van der Waals surface area contributed by atoms with Gasteiger partial charge in [-0.25, -0.2) is 11.6 Å². The van der Waals surface area contributed by atoms with Gasteiger partial charge in [0.15, 0.2) is 0 Å². The molecule has 0 atom stereocenters. The van der Waals surface area contributed by atoms with Gasteiger partial charge in [-0.3, -0.25) is 6.08 Å². The molecule has 0 bridgehead atoms. The second kappa shape index (κ2) is 9.86. The first-order valence-electron chi connectivity index (χ1n) is 3.55. The standard InChI is InChI=1S/C9H13.2ClH.Ti/c1-8(2)7-9-5-3-4-6-9;;;/h3,5,8H,4,7H2,1-2H3;2*1H;/q-1;;;. The molecule has 1 rings (SSSR count). The molecule has 0 radical (unpaired) electrons. The molecule has 0 nitrogen and oxygen atoms in total. The minimum Gasteiger partial charge on any atom is -0.269 e. The largest absolute Gasteiger partial charge is 0.269 e. The Bertz CT molecular complexity index is 151. The second-order valence-electron chi connectivity index (χ2n) is 2.91. The van der Waals surface area contributed by atoms with Crippen LogP contribution in [0.2, 0.25) is 0 Å². The normalized spacial score (nSPS) is 12.8. The molecule has 0 saturated carbocycles. The van der Waals surface area contributed by atoms with Crippen molar-refractivity contribution in [1.82, 2.24) is 0 Å². The van der Waals surface area contributed by atoms with Crippen LogP contribution in [-0.4, -0.2) is 0 Å². The van der Waals surface area contributed by atoms with Gasteiger partial charge in [0.25, 0.3) is 0 Å². The van der Waals surface area contributed by atoms with Crippen molar-refractivity contribution in [2.45, 2.75) is 26.7 Å². The molecule has 3 heteroatoms. The molecule has 1 aliphatic carbocycles. The van der Waals surface area contributed by atoms with Crippen LogP contribution in [0.25, 0.3) is 0 Å². The van der Waals surface area contributed by atoms with E-state index in [4.69, 9.17) is 0 Å².